The van der Waals surface area contributed by atoms with E-state index in [1.807, 2.05) is 32.9 Å². The zero-order chi connectivity index (χ0) is 17.5. The van der Waals surface area contributed by atoms with E-state index >= 15 is 0 Å². The van der Waals surface area contributed by atoms with E-state index in [9.17, 15) is 14.7 Å². The highest BCUT2D eigenvalue weighted by Gasteiger charge is 2.55. The number of nitrogens with zero attached hydrogens (tertiary/aromatic N) is 1. The molecule has 130 valence electrons. The first-order chi connectivity index (χ1) is 11.3. The van der Waals surface area contributed by atoms with Crippen molar-refractivity contribution in [2.45, 2.75) is 46.1 Å². The molecular formula is C19H26N2O3. The number of carbonyl (C=O) groups is 2. The van der Waals surface area contributed by atoms with Gasteiger partial charge >= 0.3 is 12.0 Å². The molecule has 1 aliphatic heterocycles. The van der Waals surface area contributed by atoms with Gasteiger partial charge in [0.1, 0.15) is 0 Å². The zero-order valence-corrected chi connectivity index (χ0v) is 14.6. The topological polar surface area (TPSA) is 69.6 Å². The molecule has 0 radical (unpaired) electrons. The average molecular weight is 330 g/mol. The molecule has 1 heterocycles. The standard InChI is InChI=1S/C19H26N2O3/c1-12-6-7-16(13(2)9-12)14(3)20-18(24)21-10-15-5-4-8-19(15,11-21)17(22)23/h6-7,9,14-15H,4-5,8,10-11H2,1-3H3,(H,20,24)(H,22,23)/t14?,15-,19+/m0/s1. The van der Waals surface area contributed by atoms with Crippen LogP contribution < -0.4 is 5.32 Å². The number of aliphatic carboxylic acids is 1. The Bertz CT molecular complexity index is 673. The van der Waals surface area contributed by atoms with Crippen molar-refractivity contribution in [2.24, 2.45) is 11.3 Å². The lowest BCUT2D eigenvalue weighted by atomic mass is 9.81. The highest BCUT2D eigenvalue weighted by atomic mass is 16.4. The van der Waals surface area contributed by atoms with Crippen molar-refractivity contribution < 1.29 is 14.7 Å². The number of carboxylic acid groups (broad SMARTS) is 1. The average Bonchev–Trinajstić information content (AvgIpc) is 3.04. The van der Waals surface area contributed by atoms with Gasteiger partial charge in [-0.25, -0.2) is 4.79 Å². The first kappa shape index (κ1) is 16.8. The van der Waals surface area contributed by atoms with E-state index in [0.29, 0.717) is 19.5 Å². The second kappa shape index (κ2) is 6.11. The van der Waals surface area contributed by atoms with E-state index in [-0.39, 0.29) is 18.0 Å². The summed E-state index contributed by atoms with van der Waals surface area (Å²) >= 11 is 0. The molecule has 1 unspecified atom stereocenters. The van der Waals surface area contributed by atoms with Gasteiger partial charge in [0, 0.05) is 13.1 Å². The number of hydrogen-bond donors (Lipinski definition) is 2. The number of amides is 2. The molecule has 2 aliphatic rings. The van der Waals surface area contributed by atoms with Gasteiger partial charge in [0.15, 0.2) is 0 Å². The fraction of sp³-hybridized carbons (Fsp3) is 0.579. The van der Waals surface area contributed by atoms with Crippen molar-refractivity contribution in [3.63, 3.8) is 0 Å². The van der Waals surface area contributed by atoms with Gasteiger partial charge in [0.2, 0.25) is 0 Å². The number of urea groups is 1. The minimum Gasteiger partial charge on any atom is -0.481 e. The molecule has 1 aromatic rings. The maximum Gasteiger partial charge on any atom is 0.317 e. The second-order valence-electron chi connectivity index (χ2n) is 7.46. The predicted octanol–water partition coefficient (Wildman–Crippen LogP) is 3.26. The first-order valence-electron chi connectivity index (χ1n) is 8.69. The number of carbonyl (C=O) groups excluding carboxylic acids is 1. The molecule has 1 saturated carbocycles. The van der Waals surface area contributed by atoms with Crippen molar-refractivity contribution >= 4 is 12.0 Å². The van der Waals surface area contributed by atoms with Crippen molar-refractivity contribution in [3.05, 3.63) is 34.9 Å². The third kappa shape index (κ3) is 2.76. The van der Waals surface area contributed by atoms with Crippen LogP contribution in [0.3, 0.4) is 0 Å². The Kier molecular flexibility index (Phi) is 4.28. The Morgan fingerprint density at radius 3 is 2.75 bits per heavy atom. The lowest BCUT2D eigenvalue weighted by Crippen LogP contribution is -2.42. The third-order valence-electron chi connectivity index (χ3n) is 5.82. The highest BCUT2D eigenvalue weighted by Crippen LogP contribution is 2.48. The van der Waals surface area contributed by atoms with Gasteiger partial charge < -0.3 is 15.3 Å². The minimum absolute atomic E-state index is 0.0946. The normalized spacial score (nSPS) is 27.0. The number of rotatable bonds is 3. The number of fused-ring (bicyclic) bond motifs is 1. The Labute approximate surface area is 143 Å². The fourth-order valence-electron chi connectivity index (χ4n) is 4.46. The monoisotopic (exact) mass is 330 g/mol. The summed E-state index contributed by atoms with van der Waals surface area (Å²) in [7, 11) is 0. The van der Waals surface area contributed by atoms with Crippen LogP contribution >= 0.6 is 0 Å². The molecule has 2 fully saturated rings. The van der Waals surface area contributed by atoms with Crippen LogP contribution in [0.5, 0.6) is 0 Å². The number of benzene rings is 1. The smallest absolute Gasteiger partial charge is 0.317 e. The molecule has 3 rings (SSSR count). The summed E-state index contributed by atoms with van der Waals surface area (Å²) < 4.78 is 0. The van der Waals surface area contributed by atoms with E-state index in [4.69, 9.17) is 0 Å². The summed E-state index contributed by atoms with van der Waals surface area (Å²) in [4.78, 5) is 26.1. The van der Waals surface area contributed by atoms with E-state index in [1.165, 1.54) is 5.56 Å². The number of likely N-dealkylation sites (tertiary alicyclic amines) is 1. The van der Waals surface area contributed by atoms with E-state index in [2.05, 4.69) is 11.4 Å². The van der Waals surface area contributed by atoms with Crippen molar-refractivity contribution in [1.82, 2.24) is 10.2 Å². The van der Waals surface area contributed by atoms with Gasteiger partial charge in [-0.15, -0.1) is 0 Å². The van der Waals surface area contributed by atoms with Crippen LogP contribution in [0, 0.1) is 25.2 Å². The van der Waals surface area contributed by atoms with E-state index in [1.54, 1.807) is 4.90 Å². The number of carboxylic acids is 1. The Morgan fingerprint density at radius 1 is 1.38 bits per heavy atom. The van der Waals surface area contributed by atoms with Crippen LogP contribution in [0.4, 0.5) is 4.79 Å². The minimum atomic E-state index is -0.747. The lowest BCUT2D eigenvalue weighted by molar-refractivity contribution is -0.149. The van der Waals surface area contributed by atoms with E-state index < -0.39 is 11.4 Å². The molecule has 2 amide bonds. The molecule has 3 atom stereocenters. The molecular weight excluding hydrogens is 304 g/mol. The fourth-order valence-corrected chi connectivity index (χ4v) is 4.46. The molecule has 2 N–H and O–H groups in total. The predicted molar refractivity (Wildman–Crippen MR) is 91.8 cm³/mol. The largest absolute Gasteiger partial charge is 0.481 e. The van der Waals surface area contributed by atoms with Crippen LogP contribution in [0.15, 0.2) is 18.2 Å². The maximum absolute atomic E-state index is 12.6. The molecule has 24 heavy (non-hydrogen) atoms. The van der Waals surface area contributed by atoms with Crippen molar-refractivity contribution in [2.75, 3.05) is 13.1 Å². The first-order valence-corrected chi connectivity index (χ1v) is 8.69. The van der Waals surface area contributed by atoms with Crippen LogP contribution in [0.25, 0.3) is 0 Å². The molecule has 0 aromatic heterocycles. The van der Waals surface area contributed by atoms with Crippen molar-refractivity contribution in [3.8, 4) is 0 Å². The van der Waals surface area contributed by atoms with Crippen LogP contribution in [-0.4, -0.2) is 35.1 Å². The van der Waals surface area contributed by atoms with Crippen LogP contribution in [0.2, 0.25) is 0 Å². The summed E-state index contributed by atoms with van der Waals surface area (Å²) in [5.74, 6) is -0.653. The number of aryl methyl sites for hydroxylation is 2. The summed E-state index contributed by atoms with van der Waals surface area (Å²) in [5.41, 5.74) is 2.73. The van der Waals surface area contributed by atoms with Crippen molar-refractivity contribution in [1.29, 1.82) is 0 Å². The molecule has 1 aliphatic carbocycles. The Hall–Kier alpha value is -2.04. The maximum atomic E-state index is 12.6. The van der Waals surface area contributed by atoms with Gasteiger partial charge in [-0.1, -0.05) is 30.2 Å². The quantitative estimate of drug-likeness (QED) is 0.894. The highest BCUT2D eigenvalue weighted by molar-refractivity contribution is 5.80. The third-order valence-corrected chi connectivity index (χ3v) is 5.82. The summed E-state index contributed by atoms with van der Waals surface area (Å²) in [6.07, 6.45) is 2.54. The lowest BCUT2D eigenvalue weighted by Gasteiger charge is -2.25. The summed E-state index contributed by atoms with van der Waals surface area (Å²) in [5, 5.41) is 12.7. The Morgan fingerprint density at radius 2 is 2.12 bits per heavy atom. The van der Waals surface area contributed by atoms with Crippen LogP contribution in [-0.2, 0) is 4.79 Å². The number of nitrogens with one attached hydrogen (secondary N) is 1. The van der Waals surface area contributed by atoms with Gasteiger partial charge in [0.05, 0.1) is 11.5 Å². The van der Waals surface area contributed by atoms with Gasteiger partial charge in [-0.2, -0.15) is 0 Å². The molecule has 1 saturated heterocycles. The second-order valence-corrected chi connectivity index (χ2v) is 7.46. The zero-order valence-electron chi connectivity index (χ0n) is 14.6. The summed E-state index contributed by atoms with van der Waals surface area (Å²) in [6, 6.07) is 5.95. The molecule has 5 heteroatoms. The van der Waals surface area contributed by atoms with Crippen LogP contribution in [0.1, 0.15) is 48.9 Å². The SMILES string of the molecule is Cc1ccc(C(C)NC(=O)N2C[C@@H]3CCC[C@@]3(C(=O)O)C2)c(C)c1. The molecule has 0 spiro atoms. The number of hydrogen-bond acceptors (Lipinski definition) is 2. The van der Waals surface area contributed by atoms with Gasteiger partial charge in [-0.3, -0.25) is 4.79 Å². The van der Waals surface area contributed by atoms with Gasteiger partial charge in [0.25, 0.3) is 0 Å². The summed E-state index contributed by atoms with van der Waals surface area (Å²) in [6.45, 7) is 6.95. The molecule has 0 bridgehead atoms. The Balaban J connectivity index is 1.69. The molecule has 5 nitrogen and oxygen atoms in total. The molecule has 1 aromatic carbocycles. The van der Waals surface area contributed by atoms with E-state index in [0.717, 1.165) is 24.0 Å². The van der Waals surface area contributed by atoms with Gasteiger partial charge in [-0.05, 0) is 50.7 Å².